The molecular formula is C18H14BrF3OS3. The van der Waals surface area contributed by atoms with Gasteiger partial charge in [-0.1, -0.05) is 76.4 Å². The van der Waals surface area contributed by atoms with Crippen LogP contribution >= 0.6 is 52.1 Å². The van der Waals surface area contributed by atoms with Gasteiger partial charge in [-0.3, -0.25) is 0 Å². The van der Waals surface area contributed by atoms with Crippen LogP contribution in [0.3, 0.4) is 0 Å². The minimum atomic E-state index is -4.73. The summed E-state index contributed by atoms with van der Waals surface area (Å²) in [4.78, 5) is 0. The number of ether oxygens (including phenoxy) is 1. The molecule has 8 heteroatoms. The van der Waals surface area contributed by atoms with Crippen molar-refractivity contribution in [3.05, 3.63) is 64.1 Å². The molecule has 0 aliphatic heterocycles. The maximum absolute atomic E-state index is 12.4. The normalized spacial score (nSPS) is 13.8. The molecule has 0 spiro atoms. The Balaban J connectivity index is 2.50. The van der Waals surface area contributed by atoms with E-state index in [4.69, 9.17) is 24.4 Å². The molecule has 0 aliphatic rings. The number of thiocarbonyl (C=S) groups is 2. The van der Waals surface area contributed by atoms with Crippen molar-refractivity contribution >= 4 is 60.5 Å². The summed E-state index contributed by atoms with van der Waals surface area (Å²) in [5, 5.41) is 0. The van der Waals surface area contributed by atoms with E-state index in [0.29, 0.717) is 8.39 Å². The van der Waals surface area contributed by atoms with Gasteiger partial charge in [0.05, 0.1) is 13.8 Å². The molecule has 26 heavy (non-hydrogen) atoms. The van der Waals surface area contributed by atoms with Crippen LogP contribution < -0.4 is 4.74 Å². The van der Waals surface area contributed by atoms with E-state index in [9.17, 15) is 13.2 Å². The second-order valence-corrected chi connectivity index (χ2v) is 9.27. The summed E-state index contributed by atoms with van der Waals surface area (Å²) in [6, 6.07) is 13.4. The van der Waals surface area contributed by atoms with Crippen molar-refractivity contribution in [3.8, 4) is 5.75 Å². The first kappa shape index (κ1) is 21.3. The summed E-state index contributed by atoms with van der Waals surface area (Å²) < 4.78 is 43.3. The number of hydrogen-bond acceptors (Lipinski definition) is 4. The van der Waals surface area contributed by atoms with Crippen molar-refractivity contribution in [2.45, 2.75) is 25.6 Å². The standard InChI is InChI=1S/C18H14BrF3OS3/c1-11(24)26-16(25)17(2,13-4-3-5-14(19)10-13)12-6-8-15(9-7-12)23-18(20,21)22/h3-10H,1-2H3. The topological polar surface area (TPSA) is 9.23 Å². The zero-order valence-corrected chi connectivity index (χ0v) is 17.8. The summed E-state index contributed by atoms with van der Waals surface area (Å²) in [5.74, 6) is -0.276. The first-order chi connectivity index (χ1) is 12.0. The van der Waals surface area contributed by atoms with E-state index in [1.807, 2.05) is 31.2 Å². The summed E-state index contributed by atoms with van der Waals surface area (Å²) in [7, 11) is 0. The monoisotopic (exact) mass is 478 g/mol. The highest BCUT2D eigenvalue weighted by atomic mass is 79.9. The van der Waals surface area contributed by atoms with E-state index in [0.717, 1.165) is 15.6 Å². The Morgan fingerprint density at radius 2 is 1.65 bits per heavy atom. The van der Waals surface area contributed by atoms with E-state index < -0.39 is 11.8 Å². The SMILES string of the molecule is CC(=S)SC(=S)C(C)(c1ccc(OC(F)(F)F)cc1)c1cccc(Br)c1. The Labute approximate surface area is 173 Å². The summed E-state index contributed by atoms with van der Waals surface area (Å²) >= 11 is 15.6. The molecule has 0 bridgehead atoms. The predicted octanol–water partition coefficient (Wildman–Crippen LogP) is 7.06. The smallest absolute Gasteiger partial charge is 0.406 e. The molecule has 1 atom stereocenters. The first-order valence-corrected chi connectivity index (χ1v) is 9.80. The number of alkyl halides is 3. The number of hydrogen-bond donors (Lipinski definition) is 0. The number of rotatable bonds is 4. The summed E-state index contributed by atoms with van der Waals surface area (Å²) in [5.41, 5.74) is 0.935. The van der Waals surface area contributed by atoms with Crippen molar-refractivity contribution in [3.63, 3.8) is 0 Å². The summed E-state index contributed by atoms with van der Waals surface area (Å²) in [6.07, 6.45) is -4.73. The second kappa shape index (κ2) is 8.37. The van der Waals surface area contributed by atoms with E-state index in [1.165, 1.54) is 23.9 Å². The molecule has 0 heterocycles. The summed E-state index contributed by atoms with van der Waals surface area (Å²) in [6.45, 7) is 3.72. The minimum absolute atomic E-state index is 0.276. The fourth-order valence-corrected chi connectivity index (χ4v) is 4.54. The van der Waals surface area contributed by atoms with Gasteiger partial charge >= 0.3 is 6.36 Å². The van der Waals surface area contributed by atoms with Crippen molar-refractivity contribution in [2.24, 2.45) is 0 Å². The quantitative estimate of drug-likeness (QED) is 0.434. The lowest BCUT2D eigenvalue weighted by atomic mass is 9.78. The van der Waals surface area contributed by atoms with Crippen LogP contribution in [-0.4, -0.2) is 14.8 Å². The predicted molar refractivity (Wildman–Crippen MR) is 112 cm³/mol. The molecule has 0 saturated carbocycles. The van der Waals surface area contributed by atoms with Crippen LogP contribution in [0.15, 0.2) is 53.0 Å². The molecule has 0 fully saturated rings. The first-order valence-electron chi connectivity index (χ1n) is 7.37. The molecule has 0 amide bonds. The van der Waals surface area contributed by atoms with Crippen LogP contribution in [0.2, 0.25) is 0 Å². The van der Waals surface area contributed by atoms with Gasteiger partial charge in [-0.25, -0.2) is 0 Å². The lowest BCUT2D eigenvalue weighted by Gasteiger charge is -2.31. The second-order valence-electron chi connectivity index (χ2n) is 5.59. The Morgan fingerprint density at radius 3 is 2.15 bits per heavy atom. The fraction of sp³-hybridized carbons (Fsp3) is 0.222. The van der Waals surface area contributed by atoms with Gasteiger partial charge in [0.25, 0.3) is 0 Å². The molecule has 1 unspecified atom stereocenters. The van der Waals surface area contributed by atoms with Gasteiger partial charge in [-0.2, -0.15) is 0 Å². The van der Waals surface area contributed by atoms with E-state index in [2.05, 4.69) is 20.7 Å². The number of halogens is 4. The molecule has 0 N–H and O–H groups in total. The lowest BCUT2D eigenvalue weighted by molar-refractivity contribution is -0.274. The zero-order valence-electron chi connectivity index (χ0n) is 13.8. The van der Waals surface area contributed by atoms with Crippen LogP contribution in [0.1, 0.15) is 25.0 Å². The van der Waals surface area contributed by atoms with Gasteiger partial charge in [0.1, 0.15) is 5.75 Å². The minimum Gasteiger partial charge on any atom is -0.406 e. The van der Waals surface area contributed by atoms with Crippen LogP contribution in [0, 0.1) is 0 Å². The fourth-order valence-electron chi connectivity index (χ4n) is 2.42. The van der Waals surface area contributed by atoms with Gasteiger partial charge < -0.3 is 4.74 Å². The third kappa shape index (κ3) is 5.28. The zero-order chi connectivity index (χ0) is 19.5. The maximum Gasteiger partial charge on any atom is 0.573 e. The molecule has 138 valence electrons. The van der Waals surface area contributed by atoms with Crippen LogP contribution in [0.25, 0.3) is 0 Å². The molecule has 2 rings (SSSR count). The molecule has 2 aromatic rings. The van der Waals surface area contributed by atoms with Crippen molar-refractivity contribution < 1.29 is 17.9 Å². The van der Waals surface area contributed by atoms with Gasteiger partial charge in [0.2, 0.25) is 0 Å². The highest BCUT2D eigenvalue weighted by molar-refractivity contribution is 9.10. The molecule has 0 radical (unpaired) electrons. The highest BCUT2D eigenvalue weighted by Gasteiger charge is 2.35. The Morgan fingerprint density at radius 1 is 1.04 bits per heavy atom. The van der Waals surface area contributed by atoms with Crippen LogP contribution in [0.4, 0.5) is 13.2 Å². The number of thioether (sulfide) groups is 1. The van der Waals surface area contributed by atoms with E-state index >= 15 is 0 Å². The van der Waals surface area contributed by atoms with Gasteiger partial charge in [0, 0.05) is 4.47 Å². The van der Waals surface area contributed by atoms with Crippen molar-refractivity contribution in [1.82, 2.24) is 0 Å². The maximum atomic E-state index is 12.4. The molecule has 0 aliphatic carbocycles. The molecule has 2 aromatic carbocycles. The number of benzene rings is 2. The largest absolute Gasteiger partial charge is 0.573 e. The van der Waals surface area contributed by atoms with Crippen LogP contribution in [-0.2, 0) is 5.41 Å². The van der Waals surface area contributed by atoms with Crippen molar-refractivity contribution in [1.29, 1.82) is 0 Å². The Hall–Kier alpha value is -0.960. The molecule has 0 saturated heterocycles. The van der Waals surface area contributed by atoms with E-state index in [-0.39, 0.29) is 5.75 Å². The highest BCUT2D eigenvalue weighted by Crippen LogP contribution is 2.40. The van der Waals surface area contributed by atoms with Gasteiger partial charge in [-0.15, -0.1) is 13.2 Å². The van der Waals surface area contributed by atoms with Gasteiger partial charge in [-0.05, 0) is 49.2 Å². The molecule has 1 nitrogen and oxygen atoms in total. The molecule has 0 aromatic heterocycles. The Kier molecular flexibility index (Phi) is 6.87. The third-order valence-electron chi connectivity index (χ3n) is 3.71. The Bertz CT molecular complexity index is 821. The molecular weight excluding hydrogens is 465 g/mol. The van der Waals surface area contributed by atoms with Gasteiger partial charge in [0.15, 0.2) is 0 Å². The lowest BCUT2D eigenvalue weighted by Crippen LogP contribution is -2.31. The van der Waals surface area contributed by atoms with Crippen molar-refractivity contribution in [2.75, 3.05) is 0 Å². The van der Waals surface area contributed by atoms with Crippen LogP contribution in [0.5, 0.6) is 5.75 Å². The van der Waals surface area contributed by atoms with E-state index in [1.54, 1.807) is 19.1 Å². The third-order valence-corrected chi connectivity index (χ3v) is 5.99. The average Bonchev–Trinajstić information content (AvgIpc) is 2.52. The average molecular weight is 479 g/mol.